The number of hydrogen-bond acceptors (Lipinski definition) is 3. The lowest BCUT2D eigenvalue weighted by atomic mass is 10.0. The van der Waals surface area contributed by atoms with Gasteiger partial charge in [0, 0.05) is 21.7 Å². The maximum atomic E-state index is 13.5. The summed E-state index contributed by atoms with van der Waals surface area (Å²) < 4.78 is 29.1. The predicted octanol–water partition coefficient (Wildman–Crippen LogP) is 6.37. The summed E-state index contributed by atoms with van der Waals surface area (Å²) in [5, 5.41) is 3.42. The highest BCUT2D eigenvalue weighted by atomic mass is 79.9. The normalized spacial score (nSPS) is 11.6. The first-order chi connectivity index (χ1) is 16.1. The molecule has 0 aromatic heterocycles. The molecular formula is C26H28BrClN2O3S. The first kappa shape index (κ1) is 26.4. The Morgan fingerprint density at radius 2 is 1.53 bits per heavy atom. The summed E-state index contributed by atoms with van der Waals surface area (Å²) in [4.78, 5) is 13.3. The van der Waals surface area contributed by atoms with Gasteiger partial charge in [-0.2, -0.15) is 4.31 Å². The van der Waals surface area contributed by atoms with Crippen molar-refractivity contribution in [3.63, 3.8) is 0 Å². The molecule has 0 aliphatic carbocycles. The van der Waals surface area contributed by atoms with Gasteiger partial charge in [0.1, 0.15) is 0 Å². The van der Waals surface area contributed by atoms with Crippen LogP contribution in [0.1, 0.15) is 36.1 Å². The van der Waals surface area contributed by atoms with Crippen molar-refractivity contribution in [1.29, 1.82) is 0 Å². The molecule has 8 heteroatoms. The van der Waals surface area contributed by atoms with E-state index in [0.29, 0.717) is 5.02 Å². The topological polar surface area (TPSA) is 66.5 Å². The third kappa shape index (κ3) is 6.48. The maximum absolute atomic E-state index is 13.5. The molecule has 0 heterocycles. The van der Waals surface area contributed by atoms with Gasteiger partial charge in [-0.15, -0.1) is 0 Å². The van der Waals surface area contributed by atoms with Crippen LogP contribution in [0.2, 0.25) is 5.02 Å². The zero-order valence-electron chi connectivity index (χ0n) is 19.4. The Balaban J connectivity index is 1.93. The van der Waals surface area contributed by atoms with Crippen molar-refractivity contribution in [2.24, 2.45) is 0 Å². The molecule has 0 unspecified atom stereocenters. The van der Waals surface area contributed by atoms with Gasteiger partial charge in [-0.1, -0.05) is 71.2 Å². The lowest BCUT2D eigenvalue weighted by molar-refractivity contribution is -0.116. The van der Waals surface area contributed by atoms with Crippen LogP contribution in [0.5, 0.6) is 0 Å². The number of aryl methyl sites for hydroxylation is 3. The van der Waals surface area contributed by atoms with Crippen LogP contribution in [-0.4, -0.2) is 25.2 Å². The van der Waals surface area contributed by atoms with E-state index in [1.54, 1.807) is 0 Å². The number of nitrogens with zero attached hydrogens (tertiary/aromatic N) is 1. The van der Waals surface area contributed by atoms with Crippen LogP contribution in [0.4, 0.5) is 5.69 Å². The van der Waals surface area contributed by atoms with Crippen LogP contribution in [-0.2, 0) is 34.2 Å². The van der Waals surface area contributed by atoms with E-state index in [1.165, 1.54) is 28.6 Å². The van der Waals surface area contributed by atoms with Gasteiger partial charge in [0.05, 0.1) is 11.4 Å². The highest BCUT2D eigenvalue weighted by molar-refractivity contribution is 9.10. The summed E-state index contributed by atoms with van der Waals surface area (Å²) in [7, 11) is -3.95. The van der Waals surface area contributed by atoms with Gasteiger partial charge in [-0.3, -0.25) is 4.79 Å². The fourth-order valence-electron chi connectivity index (χ4n) is 3.66. The van der Waals surface area contributed by atoms with Crippen LogP contribution in [0.3, 0.4) is 0 Å². The Kier molecular flexibility index (Phi) is 8.93. The number of hydrogen-bond donors (Lipinski definition) is 1. The summed E-state index contributed by atoms with van der Waals surface area (Å²) in [6.07, 6.45) is 1.47. The molecule has 0 bridgehead atoms. The number of halogens is 2. The molecule has 0 aliphatic heterocycles. The number of sulfonamides is 1. The number of nitrogens with one attached hydrogen (secondary N) is 1. The number of carbonyl (C=O) groups excluding carboxylic acids is 1. The molecule has 0 saturated carbocycles. The molecule has 180 valence electrons. The summed E-state index contributed by atoms with van der Waals surface area (Å²) in [5.74, 6) is -0.392. The van der Waals surface area contributed by atoms with Crippen LogP contribution in [0.15, 0.2) is 70.0 Å². The van der Waals surface area contributed by atoms with Crippen molar-refractivity contribution in [3.05, 3.63) is 92.4 Å². The molecule has 3 aromatic rings. The van der Waals surface area contributed by atoms with E-state index in [2.05, 4.69) is 21.2 Å². The first-order valence-electron chi connectivity index (χ1n) is 11.1. The minimum absolute atomic E-state index is 0.0697. The molecule has 1 N–H and O–H groups in total. The van der Waals surface area contributed by atoms with Crippen molar-refractivity contribution in [2.45, 2.75) is 45.1 Å². The van der Waals surface area contributed by atoms with Gasteiger partial charge in [0.2, 0.25) is 15.9 Å². The quantitative estimate of drug-likeness (QED) is 0.329. The van der Waals surface area contributed by atoms with Crippen molar-refractivity contribution >= 4 is 49.1 Å². The molecule has 0 atom stereocenters. The SMILES string of the molecule is CCc1cc(Br)cc(CC)c1NC(=O)CN(Cc1ccc(C)cc1)S(=O)(=O)c1ccc(Cl)cc1. The van der Waals surface area contributed by atoms with E-state index < -0.39 is 15.9 Å². The second kappa shape index (κ2) is 11.5. The molecule has 3 rings (SSSR count). The summed E-state index contributed by atoms with van der Waals surface area (Å²) >= 11 is 9.48. The van der Waals surface area contributed by atoms with Gasteiger partial charge >= 0.3 is 0 Å². The molecule has 0 spiro atoms. The van der Waals surface area contributed by atoms with Gasteiger partial charge in [-0.05, 0) is 72.9 Å². The second-order valence-electron chi connectivity index (χ2n) is 8.07. The Bertz CT molecular complexity index is 1240. The van der Waals surface area contributed by atoms with Crippen LogP contribution < -0.4 is 5.32 Å². The number of rotatable bonds is 9. The Hall–Kier alpha value is -2.19. The Morgan fingerprint density at radius 1 is 0.971 bits per heavy atom. The van der Waals surface area contributed by atoms with E-state index in [0.717, 1.165) is 45.3 Å². The monoisotopic (exact) mass is 562 g/mol. The largest absolute Gasteiger partial charge is 0.324 e. The fourth-order valence-corrected chi connectivity index (χ4v) is 5.72. The fraction of sp³-hybridized carbons (Fsp3) is 0.269. The van der Waals surface area contributed by atoms with E-state index >= 15 is 0 Å². The smallest absolute Gasteiger partial charge is 0.243 e. The zero-order chi connectivity index (χ0) is 24.9. The third-order valence-corrected chi connectivity index (χ3v) is 8.06. The predicted molar refractivity (Wildman–Crippen MR) is 142 cm³/mol. The van der Waals surface area contributed by atoms with Crippen molar-refractivity contribution < 1.29 is 13.2 Å². The molecule has 5 nitrogen and oxygen atoms in total. The van der Waals surface area contributed by atoms with E-state index in [9.17, 15) is 13.2 Å². The highest BCUT2D eigenvalue weighted by Crippen LogP contribution is 2.28. The average Bonchev–Trinajstić information content (AvgIpc) is 2.81. The zero-order valence-corrected chi connectivity index (χ0v) is 22.6. The molecule has 3 aromatic carbocycles. The average molecular weight is 564 g/mol. The molecule has 0 aliphatic rings. The van der Waals surface area contributed by atoms with E-state index in [1.807, 2.05) is 57.2 Å². The van der Waals surface area contributed by atoms with Crippen LogP contribution >= 0.6 is 27.5 Å². The van der Waals surface area contributed by atoms with Gasteiger partial charge in [-0.25, -0.2) is 8.42 Å². The minimum Gasteiger partial charge on any atom is -0.324 e. The highest BCUT2D eigenvalue weighted by Gasteiger charge is 2.27. The molecule has 1 amide bonds. The molecule has 0 saturated heterocycles. The standard InChI is InChI=1S/C26H28BrClN2O3S/c1-4-20-14-22(27)15-21(5-2)26(20)29-25(31)17-30(16-19-8-6-18(3)7-9-19)34(32,33)24-12-10-23(28)11-13-24/h6-15H,4-5,16-17H2,1-3H3,(H,29,31). The number of carbonyl (C=O) groups is 1. The van der Waals surface area contributed by atoms with Crippen molar-refractivity contribution in [3.8, 4) is 0 Å². The molecule has 34 heavy (non-hydrogen) atoms. The minimum atomic E-state index is -3.95. The summed E-state index contributed by atoms with van der Waals surface area (Å²) in [6, 6.07) is 17.5. The van der Waals surface area contributed by atoms with Gasteiger partial charge in [0.25, 0.3) is 0 Å². The van der Waals surface area contributed by atoms with E-state index in [-0.39, 0.29) is 18.0 Å². The lowest BCUT2D eigenvalue weighted by Crippen LogP contribution is -2.37. The number of anilines is 1. The molecule has 0 radical (unpaired) electrons. The number of benzene rings is 3. The van der Waals surface area contributed by atoms with Crippen molar-refractivity contribution in [2.75, 3.05) is 11.9 Å². The summed E-state index contributed by atoms with van der Waals surface area (Å²) in [5.41, 5.74) is 4.60. The van der Waals surface area contributed by atoms with Crippen LogP contribution in [0, 0.1) is 6.92 Å². The Labute approximate surface area is 215 Å². The maximum Gasteiger partial charge on any atom is 0.243 e. The van der Waals surface area contributed by atoms with Gasteiger partial charge in [0.15, 0.2) is 0 Å². The first-order valence-corrected chi connectivity index (χ1v) is 13.7. The van der Waals surface area contributed by atoms with Crippen LogP contribution in [0.25, 0.3) is 0 Å². The molecular weight excluding hydrogens is 536 g/mol. The third-order valence-electron chi connectivity index (χ3n) is 5.54. The second-order valence-corrected chi connectivity index (χ2v) is 11.4. The van der Waals surface area contributed by atoms with Gasteiger partial charge < -0.3 is 5.32 Å². The van der Waals surface area contributed by atoms with E-state index in [4.69, 9.17) is 11.6 Å². The molecule has 0 fully saturated rings. The van der Waals surface area contributed by atoms with Crippen molar-refractivity contribution in [1.82, 2.24) is 4.31 Å². The summed E-state index contributed by atoms with van der Waals surface area (Å²) in [6.45, 7) is 5.76. The Morgan fingerprint density at radius 3 is 2.06 bits per heavy atom. The lowest BCUT2D eigenvalue weighted by Gasteiger charge is -2.23. The number of amides is 1.